The minimum absolute atomic E-state index is 0.576. The van der Waals surface area contributed by atoms with E-state index in [1.165, 1.54) is 24.1 Å². The molecule has 1 fully saturated rings. The van der Waals surface area contributed by atoms with Crippen molar-refractivity contribution in [3.05, 3.63) is 35.2 Å². The Hall–Kier alpha value is -1.95. The Kier molecular flexibility index (Phi) is 4.22. The quantitative estimate of drug-likeness (QED) is 0.837. The maximum atomic E-state index is 5.54. The number of rotatable bonds is 5. The number of aromatic nitrogens is 3. The molecule has 6 heteroatoms. The van der Waals surface area contributed by atoms with Crippen molar-refractivity contribution in [1.82, 2.24) is 20.1 Å². The molecule has 0 atom stereocenters. The zero-order valence-corrected chi connectivity index (χ0v) is 14.5. The van der Waals surface area contributed by atoms with Crippen molar-refractivity contribution in [3.63, 3.8) is 0 Å². The lowest BCUT2D eigenvalue weighted by Crippen LogP contribution is -2.59. The van der Waals surface area contributed by atoms with Gasteiger partial charge in [0.25, 0.3) is 0 Å². The van der Waals surface area contributed by atoms with Crippen LogP contribution in [0.15, 0.2) is 16.7 Å². The van der Waals surface area contributed by atoms with Gasteiger partial charge in [0, 0.05) is 39.0 Å². The Morgan fingerprint density at radius 2 is 2.08 bits per heavy atom. The van der Waals surface area contributed by atoms with Gasteiger partial charge in [0.05, 0.1) is 11.9 Å². The van der Waals surface area contributed by atoms with Crippen molar-refractivity contribution in [2.75, 3.05) is 31.6 Å². The van der Waals surface area contributed by atoms with E-state index in [1.807, 2.05) is 13.1 Å². The summed E-state index contributed by atoms with van der Waals surface area (Å²) in [5.74, 6) is 2.76. The van der Waals surface area contributed by atoms with Crippen molar-refractivity contribution >= 4 is 5.82 Å². The third kappa shape index (κ3) is 3.15. The van der Waals surface area contributed by atoms with Crippen LogP contribution in [0.4, 0.5) is 5.82 Å². The van der Waals surface area contributed by atoms with Gasteiger partial charge in [0.2, 0.25) is 0 Å². The summed E-state index contributed by atoms with van der Waals surface area (Å²) in [6, 6.07) is 2.83. The molecular weight excluding hydrogens is 302 g/mol. The third-order valence-electron chi connectivity index (χ3n) is 5.25. The van der Waals surface area contributed by atoms with Crippen LogP contribution in [0.2, 0.25) is 0 Å². The molecule has 0 aromatic carbocycles. The fraction of sp³-hybridized carbons (Fsp3) is 0.611. The molecular formula is C18H25N5O. The van der Waals surface area contributed by atoms with Gasteiger partial charge in [0.1, 0.15) is 5.76 Å². The van der Waals surface area contributed by atoms with E-state index in [2.05, 4.69) is 38.1 Å². The molecule has 6 nitrogen and oxygen atoms in total. The van der Waals surface area contributed by atoms with E-state index in [0.717, 1.165) is 56.4 Å². The fourth-order valence-electron chi connectivity index (χ4n) is 3.54. The summed E-state index contributed by atoms with van der Waals surface area (Å²) < 4.78 is 5.54. The van der Waals surface area contributed by atoms with Gasteiger partial charge in [-0.25, -0.2) is 4.98 Å². The molecule has 2 aromatic rings. The topological polar surface area (TPSA) is 58.3 Å². The summed E-state index contributed by atoms with van der Waals surface area (Å²) in [6.07, 6.45) is 7.53. The summed E-state index contributed by atoms with van der Waals surface area (Å²) >= 11 is 0. The fourth-order valence-corrected chi connectivity index (χ4v) is 3.54. The lowest BCUT2D eigenvalue weighted by Gasteiger charge is -2.44. The molecule has 0 unspecified atom stereocenters. The average molecular weight is 327 g/mol. The SMILES string of the molecule is Cc1ncc(CCN(C)C2CN(c3cc4c(nn3)CCCC4)C2)o1. The molecule has 2 aromatic heterocycles. The third-order valence-corrected chi connectivity index (χ3v) is 5.25. The first kappa shape index (κ1) is 15.6. The minimum Gasteiger partial charge on any atom is -0.446 e. The van der Waals surface area contributed by atoms with Gasteiger partial charge in [-0.05, 0) is 44.4 Å². The molecule has 2 aliphatic rings. The van der Waals surface area contributed by atoms with E-state index in [1.54, 1.807) is 0 Å². The zero-order chi connectivity index (χ0) is 16.5. The number of hydrogen-bond donors (Lipinski definition) is 0. The average Bonchev–Trinajstić information content (AvgIpc) is 2.97. The molecule has 3 heterocycles. The van der Waals surface area contributed by atoms with Crippen molar-refractivity contribution in [3.8, 4) is 0 Å². The molecule has 0 amide bonds. The number of oxazole rings is 1. The summed E-state index contributed by atoms with van der Waals surface area (Å²) in [4.78, 5) is 8.89. The van der Waals surface area contributed by atoms with Crippen LogP contribution in [0.25, 0.3) is 0 Å². The van der Waals surface area contributed by atoms with Crippen LogP contribution >= 0.6 is 0 Å². The maximum Gasteiger partial charge on any atom is 0.191 e. The summed E-state index contributed by atoms with van der Waals surface area (Å²) in [6.45, 7) is 4.93. The van der Waals surface area contributed by atoms with Gasteiger partial charge in [0.15, 0.2) is 11.7 Å². The Morgan fingerprint density at radius 1 is 1.25 bits per heavy atom. The molecule has 128 valence electrons. The van der Waals surface area contributed by atoms with Crippen molar-refractivity contribution in [2.24, 2.45) is 0 Å². The molecule has 1 aliphatic heterocycles. The van der Waals surface area contributed by atoms with Crippen molar-refractivity contribution in [1.29, 1.82) is 0 Å². The predicted molar refractivity (Wildman–Crippen MR) is 92.2 cm³/mol. The molecule has 4 rings (SSSR count). The van der Waals surface area contributed by atoms with E-state index in [9.17, 15) is 0 Å². The number of nitrogens with zero attached hydrogens (tertiary/aromatic N) is 5. The molecule has 1 saturated heterocycles. The van der Waals surface area contributed by atoms with Crippen molar-refractivity contribution in [2.45, 2.75) is 45.1 Å². The van der Waals surface area contributed by atoms with E-state index in [4.69, 9.17) is 4.42 Å². The Bertz CT molecular complexity index is 707. The van der Waals surface area contributed by atoms with Crippen LogP contribution in [-0.2, 0) is 19.3 Å². The lowest BCUT2D eigenvalue weighted by molar-refractivity contribution is 0.203. The van der Waals surface area contributed by atoms with E-state index in [0.29, 0.717) is 6.04 Å². The van der Waals surface area contributed by atoms with Gasteiger partial charge in [-0.3, -0.25) is 4.90 Å². The van der Waals surface area contributed by atoms with Crippen LogP contribution in [0.3, 0.4) is 0 Å². The van der Waals surface area contributed by atoms with Crippen LogP contribution in [0.5, 0.6) is 0 Å². The normalized spacial score (nSPS) is 17.9. The molecule has 1 aliphatic carbocycles. The van der Waals surface area contributed by atoms with E-state index in [-0.39, 0.29) is 0 Å². The van der Waals surface area contributed by atoms with Crippen molar-refractivity contribution < 1.29 is 4.42 Å². The second-order valence-electron chi connectivity index (χ2n) is 7.02. The molecule has 0 N–H and O–H groups in total. The summed E-state index contributed by atoms with van der Waals surface area (Å²) in [5, 5.41) is 8.88. The standard InChI is InChI=1S/C18H25N5O/c1-13-19-10-16(24-13)7-8-22(2)15-11-23(12-15)18-9-14-5-3-4-6-17(14)20-21-18/h9-10,15H,3-8,11-12H2,1-2H3. The second kappa shape index (κ2) is 6.51. The van der Waals surface area contributed by atoms with Crippen LogP contribution in [0, 0.1) is 6.92 Å². The lowest BCUT2D eigenvalue weighted by atomic mass is 9.96. The Labute approximate surface area is 142 Å². The zero-order valence-electron chi connectivity index (χ0n) is 14.5. The van der Waals surface area contributed by atoms with Gasteiger partial charge >= 0.3 is 0 Å². The molecule has 0 bridgehead atoms. The predicted octanol–water partition coefficient (Wildman–Crippen LogP) is 2.01. The highest BCUT2D eigenvalue weighted by Crippen LogP contribution is 2.26. The maximum absolute atomic E-state index is 5.54. The smallest absolute Gasteiger partial charge is 0.191 e. The number of likely N-dealkylation sites (N-methyl/N-ethyl adjacent to an activating group) is 1. The van der Waals surface area contributed by atoms with Gasteiger partial charge in [-0.2, -0.15) is 5.10 Å². The van der Waals surface area contributed by atoms with Crippen LogP contribution in [0.1, 0.15) is 35.7 Å². The first-order valence-electron chi connectivity index (χ1n) is 8.91. The highest BCUT2D eigenvalue weighted by atomic mass is 16.3. The van der Waals surface area contributed by atoms with Gasteiger partial charge in [-0.15, -0.1) is 5.10 Å². The molecule has 0 radical (unpaired) electrons. The number of anilines is 1. The van der Waals surface area contributed by atoms with E-state index < -0.39 is 0 Å². The molecule has 24 heavy (non-hydrogen) atoms. The summed E-state index contributed by atoms with van der Waals surface area (Å²) in [7, 11) is 2.18. The first-order chi connectivity index (χ1) is 11.7. The summed E-state index contributed by atoms with van der Waals surface area (Å²) in [5.41, 5.74) is 2.62. The van der Waals surface area contributed by atoms with Gasteiger partial charge < -0.3 is 9.32 Å². The number of aryl methyl sites for hydroxylation is 3. The number of hydrogen-bond acceptors (Lipinski definition) is 6. The highest BCUT2D eigenvalue weighted by molar-refractivity contribution is 5.45. The van der Waals surface area contributed by atoms with E-state index >= 15 is 0 Å². The molecule has 0 spiro atoms. The Morgan fingerprint density at radius 3 is 2.88 bits per heavy atom. The van der Waals surface area contributed by atoms with Gasteiger partial charge in [-0.1, -0.05) is 0 Å². The first-order valence-corrected chi connectivity index (χ1v) is 8.91. The number of fused-ring (bicyclic) bond motifs is 1. The van der Waals surface area contributed by atoms with Crippen LogP contribution in [-0.4, -0.2) is 52.8 Å². The molecule has 0 saturated carbocycles. The minimum atomic E-state index is 0.576. The second-order valence-corrected chi connectivity index (χ2v) is 7.02. The monoisotopic (exact) mass is 327 g/mol. The Balaban J connectivity index is 1.29. The highest BCUT2D eigenvalue weighted by Gasteiger charge is 2.31. The largest absolute Gasteiger partial charge is 0.446 e. The van der Waals surface area contributed by atoms with Crippen LogP contribution < -0.4 is 4.90 Å².